The summed E-state index contributed by atoms with van der Waals surface area (Å²) in [5.41, 5.74) is 0.817. The molecule has 0 saturated carbocycles. The van der Waals surface area contributed by atoms with Crippen molar-refractivity contribution in [3.63, 3.8) is 0 Å². The van der Waals surface area contributed by atoms with Crippen LogP contribution >= 0.6 is 0 Å². The van der Waals surface area contributed by atoms with Crippen molar-refractivity contribution in [1.82, 2.24) is 9.80 Å². The van der Waals surface area contributed by atoms with E-state index in [4.69, 9.17) is 4.74 Å². The first-order valence-electron chi connectivity index (χ1n) is 8.74. The monoisotopic (exact) mass is 360 g/mol. The SMILES string of the molecule is O=C(Cc1ccc(F)cc1)N1CCN(CCOc2ccccc2F)CC1. The second kappa shape index (κ2) is 8.76. The molecular formula is C20H22F2N2O2. The fourth-order valence-corrected chi connectivity index (χ4v) is 2.96. The van der Waals surface area contributed by atoms with Crippen molar-refractivity contribution < 1.29 is 18.3 Å². The third-order valence-corrected chi connectivity index (χ3v) is 4.50. The molecule has 0 N–H and O–H groups in total. The van der Waals surface area contributed by atoms with Crippen LogP contribution in [0.4, 0.5) is 8.78 Å². The quantitative estimate of drug-likeness (QED) is 0.794. The highest BCUT2D eigenvalue weighted by molar-refractivity contribution is 5.78. The minimum Gasteiger partial charge on any atom is -0.489 e. The van der Waals surface area contributed by atoms with E-state index in [1.807, 2.05) is 4.90 Å². The number of hydrogen-bond acceptors (Lipinski definition) is 3. The largest absolute Gasteiger partial charge is 0.489 e. The molecular weight excluding hydrogens is 338 g/mol. The Morgan fingerprint density at radius 3 is 2.35 bits per heavy atom. The molecule has 0 unspecified atom stereocenters. The van der Waals surface area contributed by atoms with Crippen LogP contribution in [0.3, 0.4) is 0 Å². The van der Waals surface area contributed by atoms with Crippen LogP contribution in [-0.2, 0) is 11.2 Å². The van der Waals surface area contributed by atoms with Crippen molar-refractivity contribution >= 4 is 5.91 Å². The van der Waals surface area contributed by atoms with Gasteiger partial charge in [0.15, 0.2) is 11.6 Å². The lowest BCUT2D eigenvalue weighted by Crippen LogP contribution is -2.49. The van der Waals surface area contributed by atoms with Gasteiger partial charge in [0.1, 0.15) is 12.4 Å². The van der Waals surface area contributed by atoms with Gasteiger partial charge in [-0.25, -0.2) is 8.78 Å². The number of amides is 1. The Balaban J connectivity index is 1.39. The van der Waals surface area contributed by atoms with Crippen LogP contribution in [0.1, 0.15) is 5.56 Å². The summed E-state index contributed by atoms with van der Waals surface area (Å²) in [6.45, 7) is 3.92. The number of rotatable bonds is 6. The third kappa shape index (κ3) is 5.02. The predicted molar refractivity (Wildman–Crippen MR) is 95.0 cm³/mol. The van der Waals surface area contributed by atoms with E-state index in [1.165, 1.54) is 18.2 Å². The fourth-order valence-electron chi connectivity index (χ4n) is 2.96. The molecule has 1 fully saturated rings. The van der Waals surface area contributed by atoms with Gasteiger partial charge in [-0.05, 0) is 29.8 Å². The predicted octanol–water partition coefficient (Wildman–Crippen LogP) is 2.73. The van der Waals surface area contributed by atoms with E-state index in [9.17, 15) is 13.6 Å². The first kappa shape index (κ1) is 18.3. The Labute approximate surface area is 152 Å². The fraction of sp³-hybridized carbons (Fsp3) is 0.350. The van der Waals surface area contributed by atoms with Gasteiger partial charge in [-0.15, -0.1) is 0 Å². The molecule has 0 aliphatic carbocycles. The zero-order chi connectivity index (χ0) is 18.4. The minimum absolute atomic E-state index is 0.0545. The van der Waals surface area contributed by atoms with Gasteiger partial charge < -0.3 is 9.64 Å². The summed E-state index contributed by atoms with van der Waals surface area (Å²) in [4.78, 5) is 16.4. The molecule has 1 aliphatic heterocycles. The number of piperazine rings is 1. The summed E-state index contributed by atoms with van der Waals surface area (Å²) in [6, 6.07) is 12.4. The van der Waals surface area contributed by atoms with Gasteiger partial charge >= 0.3 is 0 Å². The van der Waals surface area contributed by atoms with Crippen molar-refractivity contribution in [1.29, 1.82) is 0 Å². The molecule has 6 heteroatoms. The van der Waals surface area contributed by atoms with Crippen molar-refractivity contribution in [3.05, 3.63) is 65.7 Å². The van der Waals surface area contributed by atoms with E-state index in [0.717, 1.165) is 18.7 Å². The molecule has 0 atom stereocenters. The molecule has 2 aromatic rings. The molecule has 0 bridgehead atoms. The molecule has 1 heterocycles. The van der Waals surface area contributed by atoms with Gasteiger partial charge in [0.05, 0.1) is 6.42 Å². The van der Waals surface area contributed by atoms with Crippen molar-refractivity contribution in [3.8, 4) is 5.75 Å². The van der Waals surface area contributed by atoms with E-state index >= 15 is 0 Å². The maximum Gasteiger partial charge on any atom is 0.227 e. The van der Waals surface area contributed by atoms with Gasteiger partial charge in [-0.3, -0.25) is 9.69 Å². The van der Waals surface area contributed by atoms with Crippen LogP contribution in [0.5, 0.6) is 5.75 Å². The molecule has 1 saturated heterocycles. The van der Waals surface area contributed by atoms with E-state index in [0.29, 0.717) is 26.2 Å². The van der Waals surface area contributed by atoms with Gasteiger partial charge in [-0.1, -0.05) is 24.3 Å². The zero-order valence-electron chi connectivity index (χ0n) is 14.5. The van der Waals surface area contributed by atoms with Crippen LogP contribution in [0.25, 0.3) is 0 Å². The number of hydrogen-bond donors (Lipinski definition) is 0. The van der Waals surface area contributed by atoms with Gasteiger partial charge in [0.2, 0.25) is 5.91 Å². The van der Waals surface area contributed by atoms with E-state index < -0.39 is 0 Å². The third-order valence-electron chi connectivity index (χ3n) is 4.50. The summed E-state index contributed by atoms with van der Waals surface area (Å²) in [6.07, 6.45) is 0.288. The number of nitrogens with zero attached hydrogens (tertiary/aromatic N) is 2. The number of carbonyl (C=O) groups excluding carboxylic acids is 1. The Kier molecular flexibility index (Phi) is 6.17. The highest BCUT2D eigenvalue weighted by Crippen LogP contribution is 2.15. The number of halogens is 2. The molecule has 0 radical (unpaired) electrons. The highest BCUT2D eigenvalue weighted by atomic mass is 19.1. The zero-order valence-corrected chi connectivity index (χ0v) is 14.5. The molecule has 1 amide bonds. The first-order chi connectivity index (χ1) is 12.6. The molecule has 138 valence electrons. The van der Waals surface area contributed by atoms with Crippen LogP contribution < -0.4 is 4.74 Å². The lowest BCUT2D eigenvalue weighted by molar-refractivity contribution is -0.132. The minimum atomic E-state index is -0.358. The normalized spacial score (nSPS) is 15.1. The van der Waals surface area contributed by atoms with Crippen LogP contribution in [0.2, 0.25) is 0 Å². The highest BCUT2D eigenvalue weighted by Gasteiger charge is 2.21. The summed E-state index contributed by atoms with van der Waals surface area (Å²) in [5.74, 6) is -0.337. The molecule has 2 aromatic carbocycles. The first-order valence-corrected chi connectivity index (χ1v) is 8.74. The van der Waals surface area contributed by atoms with Crippen LogP contribution in [-0.4, -0.2) is 55.0 Å². The van der Waals surface area contributed by atoms with Crippen molar-refractivity contribution in [2.45, 2.75) is 6.42 Å². The smallest absolute Gasteiger partial charge is 0.227 e. The average Bonchev–Trinajstić information content (AvgIpc) is 2.66. The lowest BCUT2D eigenvalue weighted by Gasteiger charge is -2.34. The summed E-state index contributed by atoms with van der Waals surface area (Å²) < 4.78 is 31.9. The van der Waals surface area contributed by atoms with Crippen molar-refractivity contribution in [2.75, 3.05) is 39.3 Å². The maximum atomic E-state index is 13.5. The molecule has 4 nitrogen and oxygen atoms in total. The summed E-state index contributed by atoms with van der Waals surface area (Å²) in [5, 5.41) is 0. The second-order valence-corrected chi connectivity index (χ2v) is 6.30. The van der Waals surface area contributed by atoms with E-state index in [-0.39, 0.29) is 29.7 Å². The van der Waals surface area contributed by atoms with Gasteiger partial charge in [-0.2, -0.15) is 0 Å². The topological polar surface area (TPSA) is 32.8 Å². The van der Waals surface area contributed by atoms with Gasteiger partial charge in [0.25, 0.3) is 0 Å². The molecule has 0 spiro atoms. The van der Waals surface area contributed by atoms with E-state index in [2.05, 4.69) is 4.90 Å². The summed E-state index contributed by atoms with van der Waals surface area (Å²) in [7, 11) is 0. The Hall–Kier alpha value is -2.47. The number of para-hydroxylation sites is 1. The van der Waals surface area contributed by atoms with Gasteiger partial charge in [0, 0.05) is 32.7 Å². The average molecular weight is 360 g/mol. The molecule has 26 heavy (non-hydrogen) atoms. The van der Waals surface area contributed by atoms with Crippen molar-refractivity contribution in [2.24, 2.45) is 0 Å². The number of carbonyl (C=O) groups is 1. The Morgan fingerprint density at radius 1 is 0.962 bits per heavy atom. The Bertz CT molecular complexity index is 729. The standard InChI is InChI=1S/C20H22F2N2O2/c21-17-7-5-16(6-8-17)15-20(25)24-11-9-23(10-12-24)13-14-26-19-4-2-1-3-18(19)22/h1-8H,9-15H2. The maximum absolute atomic E-state index is 13.5. The van der Waals surface area contributed by atoms with E-state index in [1.54, 1.807) is 30.3 Å². The molecule has 3 rings (SSSR count). The Morgan fingerprint density at radius 2 is 1.65 bits per heavy atom. The van der Waals surface area contributed by atoms with Crippen LogP contribution in [0.15, 0.2) is 48.5 Å². The molecule has 1 aliphatic rings. The van der Waals surface area contributed by atoms with Crippen LogP contribution in [0, 0.1) is 11.6 Å². The number of benzene rings is 2. The second-order valence-electron chi connectivity index (χ2n) is 6.30. The molecule has 0 aromatic heterocycles. The lowest BCUT2D eigenvalue weighted by atomic mass is 10.1. The summed E-state index contributed by atoms with van der Waals surface area (Å²) >= 11 is 0. The number of ether oxygens (including phenoxy) is 1.